The summed E-state index contributed by atoms with van der Waals surface area (Å²) in [6, 6.07) is -0.979. The molecule has 2 amide bonds. The van der Waals surface area contributed by atoms with Gasteiger partial charge >= 0.3 is 12.0 Å². The third kappa shape index (κ3) is 8.54. The van der Waals surface area contributed by atoms with Crippen LogP contribution in [0.4, 0.5) is 4.79 Å². The minimum absolute atomic E-state index is 0.336. The molecule has 0 saturated carbocycles. The Kier molecular flexibility index (Phi) is 6.61. The predicted octanol–water partition coefficient (Wildman–Crippen LogP) is 1.82. The van der Waals surface area contributed by atoms with Crippen molar-refractivity contribution in [1.82, 2.24) is 10.6 Å². The van der Waals surface area contributed by atoms with Crippen LogP contribution in [0, 0.1) is 0 Å². The molecule has 17 heavy (non-hydrogen) atoms. The third-order valence-corrected chi connectivity index (χ3v) is 1.92. The summed E-state index contributed by atoms with van der Waals surface area (Å²) >= 11 is 0. The van der Waals surface area contributed by atoms with Crippen LogP contribution in [-0.2, 0) is 9.53 Å². The lowest BCUT2D eigenvalue weighted by Crippen LogP contribution is -2.46. The number of unbranched alkanes of at least 4 members (excludes halogenated alkanes) is 1. The first-order valence-electron chi connectivity index (χ1n) is 6.03. The topological polar surface area (TPSA) is 67.4 Å². The third-order valence-electron chi connectivity index (χ3n) is 1.92. The number of nitrogens with one attached hydrogen (secondary N) is 2. The normalized spacial score (nSPS) is 12.8. The molecule has 0 spiro atoms. The van der Waals surface area contributed by atoms with E-state index in [0.29, 0.717) is 6.54 Å². The van der Waals surface area contributed by atoms with E-state index in [1.165, 1.54) is 0 Å². The van der Waals surface area contributed by atoms with Gasteiger partial charge in [0.2, 0.25) is 0 Å². The van der Waals surface area contributed by atoms with Gasteiger partial charge in [-0.1, -0.05) is 13.3 Å². The number of urea groups is 1. The summed E-state index contributed by atoms with van der Waals surface area (Å²) in [5.41, 5.74) is -0.536. The van der Waals surface area contributed by atoms with E-state index in [9.17, 15) is 9.59 Å². The van der Waals surface area contributed by atoms with Crippen LogP contribution in [0.2, 0.25) is 0 Å². The van der Waals surface area contributed by atoms with Crippen LogP contribution >= 0.6 is 0 Å². The van der Waals surface area contributed by atoms with Gasteiger partial charge in [0.25, 0.3) is 0 Å². The van der Waals surface area contributed by atoms with Crippen molar-refractivity contribution in [2.75, 3.05) is 6.54 Å². The highest BCUT2D eigenvalue weighted by atomic mass is 16.6. The Morgan fingerprint density at radius 3 is 2.35 bits per heavy atom. The highest BCUT2D eigenvalue weighted by molar-refractivity contribution is 5.83. The molecule has 1 atom stereocenters. The smallest absolute Gasteiger partial charge is 0.328 e. The molecule has 0 aromatic heterocycles. The van der Waals surface area contributed by atoms with Crippen molar-refractivity contribution in [2.24, 2.45) is 0 Å². The fraction of sp³-hybridized carbons (Fsp3) is 0.833. The summed E-state index contributed by atoms with van der Waals surface area (Å²) < 4.78 is 5.14. The van der Waals surface area contributed by atoms with E-state index in [-0.39, 0.29) is 6.03 Å². The van der Waals surface area contributed by atoms with E-state index in [0.717, 1.165) is 12.8 Å². The standard InChI is InChI=1S/C12H24N2O3/c1-6-7-8-13-11(16)14-9(2)10(15)17-12(3,4)5/h9H,6-8H2,1-5H3,(H2,13,14,16)/t9-/m0/s1. The second kappa shape index (κ2) is 7.14. The van der Waals surface area contributed by atoms with Gasteiger partial charge in [0.05, 0.1) is 0 Å². The molecular formula is C12H24N2O3. The lowest BCUT2D eigenvalue weighted by atomic mass is 10.2. The number of ether oxygens (including phenoxy) is 1. The Morgan fingerprint density at radius 1 is 1.29 bits per heavy atom. The minimum Gasteiger partial charge on any atom is -0.458 e. The van der Waals surface area contributed by atoms with Crippen molar-refractivity contribution < 1.29 is 14.3 Å². The lowest BCUT2D eigenvalue weighted by Gasteiger charge is -2.22. The molecule has 0 aliphatic carbocycles. The number of carbonyl (C=O) groups is 2. The summed E-state index contributed by atoms with van der Waals surface area (Å²) in [5, 5.41) is 5.21. The number of hydrogen-bond donors (Lipinski definition) is 2. The van der Waals surface area contributed by atoms with Crippen molar-refractivity contribution in [3.05, 3.63) is 0 Å². The van der Waals surface area contributed by atoms with Crippen molar-refractivity contribution in [1.29, 1.82) is 0 Å². The zero-order valence-electron chi connectivity index (χ0n) is 11.4. The van der Waals surface area contributed by atoms with Crippen molar-refractivity contribution >= 4 is 12.0 Å². The molecule has 0 aliphatic heterocycles. The van der Waals surface area contributed by atoms with Crippen molar-refractivity contribution in [3.8, 4) is 0 Å². The van der Waals surface area contributed by atoms with Crippen LogP contribution in [-0.4, -0.2) is 30.2 Å². The first-order chi connectivity index (χ1) is 7.76. The monoisotopic (exact) mass is 244 g/mol. The van der Waals surface area contributed by atoms with Gasteiger partial charge in [-0.25, -0.2) is 9.59 Å². The average Bonchev–Trinajstić information content (AvgIpc) is 2.15. The molecule has 0 aromatic rings. The number of amides is 2. The van der Waals surface area contributed by atoms with Gasteiger partial charge in [-0.05, 0) is 34.1 Å². The van der Waals surface area contributed by atoms with E-state index in [2.05, 4.69) is 10.6 Å². The molecule has 0 saturated heterocycles. The lowest BCUT2D eigenvalue weighted by molar-refractivity contribution is -0.156. The Morgan fingerprint density at radius 2 is 1.88 bits per heavy atom. The van der Waals surface area contributed by atoms with Gasteiger partial charge in [-0.15, -0.1) is 0 Å². The molecule has 2 N–H and O–H groups in total. The van der Waals surface area contributed by atoms with Gasteiger partial charge in [0, 0.05) is 6.54 Å². The largest absolute Gasteiger partial charge is 0.458 e. The van der Waals surface area contributed by atoms with E-state index in [1.807, 2.05) is 6.92 Å². The maximum atomic E-state index is 11.6. The molecule has 0 rings (SSSR count). The molecule has 5 heteroatoms. The highest BCUT2D eigenvalue weighted by Gasteiger charge is 2.22. The van der Waals surface area contributed by atoms with Gasteiger partial charge in [-0.3, -0.25) is 0 Å². The average molecular weight is 244 g/mol. The Balaban J connectivity index is 3.95. The summed E-state index contributed by atoms with van der Waals surface area (Å²) in [4.78, 5) is 22.9. The Hall–Kier alpha value is -1.26. The van der Waals surface area contributed by atoms with Crippen LogP contribution in [0.3, 0.4) is 0 Å². The maximum Gasteiger partial charge on any atom is 0.328 e. The fourth-order valence-electron chi connectivity index (χ4n) is 1.08. The summed E-state index contributed by atoms with van der Waals surface area (Å²) in [6.07, 6.45) is 1.94. The molecule has 100 valence electrons. The molecule has 0 bridgehead atoms. The van der Waals surface area contributed by atoms with Crippen molar-refractivity contribution in [3.63, 3.8) is 0 Å². The Bertz CT molecular complexity index is 259. The molecule has 0 fully saturated rings. The number of carbonyl (C=O) groups excluding carboxylic acids is 2. The highest BCUT2D eigenvalue weighted by Crippen LogP contribution is 2.08. The number of esters is 1. The quantitative estimate of drug-likeness (QED) is 0.572. The fourth-order valence-corrected chi connectivity index (χ4v) is 1.08. The molecule has 0 aliphatic rings. The summed E-state index contributed by atoms with van der Waals surface area (Å²) in [5.74, 6) is -0.428. The molecule has 0 heterocycles. The molecule has 5 nitrogen and oxygen atoms in total. The molecular weight excluding hydrogens is 220 g/mol. The van der Waals surface area contributed by atoms with E-state index >= 15 is 0 Å². The van der Waals surface area contributed by atoms with Gasteiger partial charge in [-0.2, -0.15) is 0 Å². The van der Waals surface area contributed by atoms with Crippen LogP contribution in [0.15, 0.2) is 0 Å². The van der Waals surface area contributed by atoms with E-state index in [1.54, 1.807) is 27.7 Å². The Labute approximate surface area is 103 Å². The van der Waals surface area contributed by atoms with E-state index in [4.69, 9.17) is 4.74 Å². The first kappa shape index (κ1) is 15.7. The van der Waals surface area contributed by atoms with Crippen LogP contribution < -0.4 is 10.6 Å². The predicted molar refractivity (Wildman–Crippen MR) is 66.7 cm³/mol. The van der Waals surface area contributed by atoms with Gasteiger partial charge in [0.15, 0.2) is 0 Å². The molecule has 0 aromatic carbocycles. The molecule has 0 unspecified atom stereocenters. The van der Waals surface area contributed by atoms with Gasteiger partial charge < -0.3 is 15.4 Å². The number of rotatable bonds is 5. The second-order valence-corrected chi connectivity index (χ2v) is 5.01. The SMILES string of the molecule is CCCCNC(=O)N[C@@H](C)C(=O)OC(C)(C)C. The van der Waals surface area contributed by atoms with Crippen molar-refractivity contribution in [2.45, 2.75) is 59.1 Å². The van der Waals surface area contributed by atoms with Gasteiger partial charge in [0.1, 0.15) is 11.6 Å². The number of hydrogen-bond acceptors (Lipinski definition) is 3. The second-order valence-electron chi connectivity index (χ2n) is 5.01. The minimum atomic E-state index is -0.643. The first-order valence-corrected chi connectivity index (χ1v) is 6.03. The van der Waals surface area contributed by atoms with Crippen LogP contribution in [0.5, 0.6) is 0 Å². The maximum absolute atomic E-state index is 11.6. The van der Waals surface area contributed by atoms with E-state index < -0.39 is 17.6 Å². The summed E-state index contributed by atoms with van der Waals surface area (Å²) in [6.45, 7) is 9.64. The zero-order chi connectivity index (χ0) is 13.5. The molecule has 0 radical (unpaired) electrons. The summed E-state index contributed by atoms with van der Waals surface area (Å²) in [7, 11) is 0. The zero-order valence-corrected chi connectivity index (χ0v) is 11.4. The van der Waals surface area contributed by atoms with Crippen LogP contribution in [0.1, 0.15) is 47.5 Å². The van der Waals surface area contributed by atoms with Crippen LogP contribution in [0.25, 0.3) is 0 Å².